The Labute approximate surface area is 108 Å². The van der Waals surface area contributed by atoms with E-state index in [1.165, 1.54) is 0 Å². The molecule has 0 radical (unpaired) electrons. The molecule has 0 aliphatic heterocycles. The Kier molecular flexibility index (Phi) is 4.33. The molecule has 1 aliphatic rings. The van der Waals surface area contributed by atoms with E-state index >= 15 is 0 Å². The fraction of sp³-hybridized carbons (Fsp3) is 0.500. The molecule has 0 heterocycles. The van der Waals surface area contributed by atoms with E-state index in [4.69, 9.17) is 10.5 Å². The molecule has 2 rings (SSSR count). The maximum atomic E-state index is 11.2. The predicted molar refractivity (Wildman–Crippen MR) is 70.2 cm³/mol. The molecule has 0 unspecified atom stereocenters. The summed E-state index contributed by atoms with van der Waals surface area (Å²) in [7, 11) is 1.97. The minimum Gasteiger partial charge on any atom is -0.373 e. The molecule has 1 aromatic carbocycles. The first-order valence-corrected chi connectivity index (χ1v) is 6.34. The van der Waals surface area contributed by atoms with Crippen molar-refractivity contribution in [2.75, 3.05) is 13.6 Å². The third-order valence-electron chi connectivity index (χ3n) is 3.44. The topological polar surface area (TPSA) is 64.3 Å². The Hall–Kier alpha value is -1.39. The molecule has 1 aliphatic carbocycles. The Morgan fingerprint density at radius 1 is 1.44 bits per heavy atom. The summed E-state index contributed by atoms with van der Waals surface area (Å²) >= 11 is 0. The van der Waals surface area contributed by atoms with Gasteiger partial charge in [0.2, 0.25) is 5.91 Å². The van der Waals surface area contributed by atoms with Gasteiger partial charge in [-0.2, -0.15) is 0 Å². The molecule has 4 heteroatoms. The average molecular weight is 248 g/mol. The van der Waals surface area contributed by atoms with E-state index in [1.807, 2.05) is 25.2 Å². The quantitative estimate of drug-likeness (QED) is 0.797. The molecule has 1 fully saturated rings. The van der Waals surface area contributed by atoms with E-state index in [9.17, 15) is 4.79 Å². The highest BCUT2D eigenvalue weighted by Crippen LogP contribution is 2.30. The van der Waals surface area contributed by atoms with Gasteiger partial charge < -0.3 is 15.8 Å². The fourth-order valence-corrected chi connectivity index (χ4v) is 2.36. The van der Waals surface area contributed by atoms with Crippen LogP contribution in [0.4, 0.5) is 0 Å². The van der Waals surface area contributed by atoms with Gasteiger partial charge in [-0.05, 0) is 44.0 Å². The highest BCUT2D eigenvalue weighted by molar-refractivity contribution is 5.94. The van der Waals surface area contributed by atoms with Crippen molar-refractivity contribution < 1.29 is 9.53 Å². The SMILES string of the molecule is CNCC1CC(OCc2ccccc2C(N)=O)C1. The summed E-state index contributed by atoms with van der Waals surface area (Å²) in [5, 5.41) is 3.17. The zero-order valence-corrected chi connectivity index (χ0v) is 10.7. The lowest BCUT2D eigenvalue weighted by Crippen LogP contribution is -2.36. The summed E-state index contributed by atoms with van der Waals surface area (Å²) in [5.74, 6) is 0.335. The van der Waals surface area contributed by atoms with E-state index in [0.29, 0.717) is 18.3 Å². The van der Waals surface area contributed by atoms with Crippen LogP contribution in [0.2, 0.25) is 0 Å². The number of carbonyl (C=O) groups is 1. The maximum absolute atomic E-state index is 11.2. The van der Waals surface area contributed by atoms with E-state index < -0.39 is 5.91 Å². The monoisotopic (exact) mass is 248 g/mol. The van der Waals surface area contributed by atoms with E-state index in [0.717, 1.165) is 30.9 Å². The molecular formula is C14H20N2O2. The van der Waals surface area contributed by atoms with Gasteiger partial charge in [0.15, 0.2) is 0 Å². The molecule has 1 amide bonds. The number of hydrogen-bond acceptors (Lipinski definition) is 3. The van der Waals surface area contributed by atoms with Crippen LogP contribution < -0.4 is 11.1 Å². The number of nitrogens with one attached hydrogen (secondary N) is 1. The van der Waals surface area contributed by atoms with Crippen LogP contribution in [0.3, 0.4) is 0 Å². The normalized spacial score (nSPS) is 22.5. The third kappa shape index (κ3) is 3.09. The molecular weight excluding hydrogens is 228 g/mol. The van der Waals surface area contributed by atoms with Crippen LogP contribution in [0.15, 0.2) is 24.3 Å². The summed E-state index contributed by atoms with van der Waals surface area (Å²) < 4.78 is 5.80. The average Bonchev–Trinajstić information content (AvgIpc) is 2.32. The standard InChI is InChI=1S/C14H20N2O2/c1-16-8-10-6-12(7-10)18-9-11-4-2-3-5-13(11)14(15)17/h2-5,10,12,16H,6-9H2,1H3,(H2,15,17). The first kappa shape index (κ1) is 13.1. The van der Waals surface area contributed by atoms with E-state index in [2.05, 4.69) is 5.32 Å². The molecule has 0 atom stereocenters. The van der Waals surface area contributed by atoms with Crippen molar-refractivity contribution >= 4 is 5.91 Å². The van der Waals surface area contributed by atoms with Crippen molar-refractivity contribution in [3.63, 3.8) is 0 Å². The van der Waals surface area contributed by atoms with Crippen LogP contribution in [-0.4, -0.2) is 25.6 Å². The molecule has 4 nitrogen and oxygen atoms in total. The second kappa shape index (κ2) is 5.98. The molecule has 98 valence electrons. The van der Waals surface area contributed by atoms with E-state index in [1.54, 1.807) is 6.07 Å². The van der Waals surface area contributed by atoms with Gasteiger partial charge in [0, 0.05) is 5.56 Å². The zero-order chi connectivity index (χ0) is 13.0. The third-order valence-corrected chi connectivity index (χ3v) is 3.44. The van der Waals surface area contributed by atoms with Crippen molar-refractivity contribution in [3.8, 4) is 0 Å². The number of hydrogen-bond donors (Lipinski definition) is 2. The van der Waals surface area contributed by atoms with Gasteiger partial charge in [0.1, 0.15) is 0 Å². The van der Waals surface area contributed by atoms with Gasteiger partial charge >= 0.3 is 0 Å². The predicted octanol–water partition coefficient (Wildman–Crippen LogP) is 1.30. The molecule has 0 spiro atoms. The van der Waals surface area contributed by atoms with Gasteiger partial charge in [-0.15, -0.1) is 0 Å². The van der Waals surface area contributed by atoms with Gasteiger partial charge in [-0.3, -0.25) is 4.79 Å². The van der Waals surface area contributed by atoms with Crippen LogP contribution in [0.25, 0.3) is 0 Å². The van der Waals surface area contributed by atoms with Crippen molar-refractivity contribution in [1.29, 1.82) is 0 Å². The van der Waals surface area contributed by atoms with Crippen LogP contribution in [0.1, 0.15) is 28.8 Å². The van der Waals surface area contributed by atoms with Crippen molar-refractivity contribution in [1.82, 2.24) is 5.32 Å². The first-order valence-electron chi connectivity index (χ1n) is 6.34. The number of rotatable bonds is 6. The molecule has 0 bridgehead atoms. The van der Waals surface area contributed by atoms with Crippen LogP contribution in [-0.2, 0) is 11.3 Å². The summed E-state index contributed by atoms with van der Waals surface area (Å²) in [4.78, 5) is 11.2. The van der Waals surface area contributed by atoms with E-state index in [-0.39, 0.29) is 0 Å². The van der Waals surface area contributed by atoms with Crippen molar-refractivity contribution in [2.24, 2.45) is 11.7 Å². The van der Waals surface area contributed by atoms with Gasteiger partial charge in [0.25, 0.3) is 0 Å². The lowest BCUT2D eigenvalue weighted by Gasteiger charge is -2.35. The molecule has 1 aromatic rings. The van der Waals surface area contributed by atoms with Crippen LogP contribution in [0, 0.1) is 5.92 Å². The summed E-state index contributed by atoms with van der Waals surface area (Å²) in [6.07, 6.45) is 2.52. The smallest absolute Gasteiger partial charge is 0.249 e. The van der Waals surface area contributed by atoms with Gasteiger partial charge in [0.05, 0.1) is 12.7 Å². The summed E-state index contributed by atoms with van der Waals surface area (Å²) in [5.41, 5.74) is 6.76. The summed E-state index contributed by atoms with van der Waals surface area (Å²) in [6, 6.07) is 7.35. The van der Waals surface area contributed by atoms with Gasteiger partial charge in [-0.1, -0.05) is 18.2 Å². The number of benzene rings is 1. The minimum absolute atomic E-state index is 0.323. The molecule has 1 saturated carbocycles. The number of amides is 1. The van der Waals surface area contributed by atoms with Crippen LogP contribution >= 0.6 is 0 Å². The first-order chi connectivity index (χ1) is 8.70. The number of carbonyl (C=O) groups excluding carboxylic acids is 1. The zero-order valence-electron chi connectivity index (χ0n) is 10.7. The van der Waals surface area contributed by atoms with Crippen LogP contribution in [0.5, 0.6) is 0 Å². The van der Waals surface area contributed by atoms with Crippen molar-refractivity contribution in [2.45, 2.75) is 25.6 Å². The lowest BCUT2D eigenvalue weighted by molar-refractivity contribution is -0.0392. The van der Waals surface area contributed by atoms with Gasteiger partial charge in [-0.25, -0.2) is 0 Å². The Balaban J connectivity index is 1.83. The Morgan fingerprint density at radius 2 is 2.17 bits per heavy atom. The summed E-state index contributed by atoms with van der Waals surface area (Å²) in [6.45, 7) is 1.52. The maximum Gasteiger partial charge on any atom is 0.249 e. The minimum atomic E-state index is -0.393. The highest BCUT2D eigenvalue weighted by Gasteiger charge is 2.29. The molecule has 0 saturated heterocycles. The fourth-order valence-electron chi connectivity index (χ4n) is 2.36. The Morgan fingerprint density at radius 3 is 2.83 bits per heavy atom. The number of primary amides is 1. The molecule has 18 heavy (non-hydrogen) atoms. The lowest BCUT2D eigenvalue weighted by atomic mass is 9.82. The number of ether oxygens (including phenoxy) is 1. The van der Waals surface area contributed by atoms with Crippen molar-refractivity contribution in [3.05, 3.63) is 35.4 Å². The second-order valence-corrected chi connectivity index (χ2v) is 4.85. The number of nitrogens with two attached hydrogens (primary N) is 1. The highest BCUT2D eigenvalue weighted by atomic mass is 16.5. The Bertz CT molecular complexity index is 414. The molecule has 3 N–H and O–H groups in total. The largest absolute Gasteiger partial charge is 0.373 e. The molecule has 0 aromatic heterocycles. The second-order valence-electron chi connectivity index (χ2n) is 4.85.